The lowest BCUT2D eigenvalue weighted by Crippen LogP contribution is -2.25. The highest BCUT2D eigenvalue weighted by molar-refractivity contribution is 9.10. The van der Waals surface area contributed by atoms with Gasteiger partial charge in [-0.15, -0.1) is 0 Å². The highest BCUT2D eigenvalue weighted by atomic mass is 79.9. The van der Waals surface area contributed by atoms with Crippen molar-refractivity contribution in [3.63, 3.8) is 0 Å². The Hall–Kier alpha value is -0.410. The van der Waals surface area contributed by atoms with Crippen molar-refractivity contribution in [2.75, 3.05) is 0 Å². The molecule has 1 aromatic rings. The molecule has 1 aromatic carbocycles. The Morgan fingerprint density at radius 2 is 1.94 bits per heavy atom. The predicted octanol–water partition coefficient (Wildman–Crippen LogP) is 4.50. The van der Waals surface area contributed by atoms with Crippen LogP contribution in [-0.2, 0) is 6.54 Å². The van der Waals surface area contributed by atoms with Gasteiger partial charge in [-0.3, -0.25) is 0 Å². The lowest BCUT2D eigenvalue weighted by Gasteiger charge is -2.15. The summed E-state index contributed by atoms with van der Waals surface area (Å²) in [7, 11) is 0. The molecule has 1 N–H and O–H groups in total. The number of rotatable bonds is 6. The fourth-order valence-corrected chi connectivity index (χ4v) is 1.87. The largest absolute Gasteiger partial charge is 0.310 e. The average Bonchev–Trinajstić information content (AvgIpc) is 2.28. The van der Waals surface area contributed by atoms with E-state index in [-0.39, 0.29) is 5.82 Å². The minimum absolute atomic E-state index is 0.195. The summed E-state index contributed by atoms with van der Waals surface area (Å²) in [5.41, 5.74) is 0.988. The molecule has 0 amide bonds. The van der Waals surface area contributed by atoms with Crippen LogP contribution >= 0.6 is 15.9 Å². The molecular formula is C14H21BrFN. The first-order chi connectivity index (χ1) is 7.99. The van der Waals surface area contributed by atoms with Crippen LogP contribution in [0.5, 0.6) is 0 Å². The summed E-state index contributed by atoms with van der Waals surface area (Å²) in [6, 6.07) is 5.75. The lowest BCUT2D eigenvalue weighted by molar-refractivity contribution is 0.450. The molecule has 1 nitrogen and oxygen atoms in total. The number of hydrogen-bond donors (Lipinski definition) is 1. The monoisotopic (exact) mass is 301 g/mol. The fourth-order valence-electron chi connectivity index (χ4n) is 1.63. The number of benzene rings is 1. The van der Waals surface area contributed by atoms with Crippen molar-refractivity contribution in [3.05, 3.63) is 34.1 Å². The molecule has 0 heterocycles. The van der Waals surface area contributed by atoms with Crippen LogP contribution in [0.15, 0.2) is 22.7 Å². The van der Waals surface area contributed by atoms with Gasteiger partial charge in [-0.1, -0.05) is 19.9 Å². The minimum Gasteiger partial charge on any atom is -0.310 e. The van der Waals surface area contributed by atoms with Crippen LogP contribution in [0.2, 0.25) is 0 Å². The highest BCUT2D eigenvalue weighted by Gasteiger charge is 2.05. The molecular weight excluding hydrogens is 281 g/mol. The van der Waals surface area contributed by atoms with Crippen molar-refractivity contribution in [1.82, 2.24) is 5.32 Å². The summed E-state index contributed by atoms with van der Waals surface area (Å²) < 4.78 is 13.8. The number of halogens is 2. The third-order valence-corrected chi connectivity index (χ3v) is 3.46. The quantitative estimate of drug-likeness (QED) is 0.815. The van der Waals surface area contributed by atoms with Crippen LogP contribution in [0.3, 0.4) is 0 Å². The molecule has 17 heavy (non-hydrogen) atoms. The van der Waals surface area contributed by atoms with Gasteiger partial charge in [-0.2, -0.15) is 0 Å². The van der Waals surface area contributed by atoms with Gasteiger partial charge in [0.15, 0.2) is 0 Å². The Kier molecular flexibility index (Phi) is 6.14. The molecule has 0 aromatic heterocycles. The van der Waals surface area contributed by atoms with Crippen molar-refractivity contribution >= 4 is 15.9 Å². The summed E-state index contributed by atoms with van der Waals surface area (Å²) in [4.78, 5) is 0. The second kappa shape index (κ2) is 7.12. The molecule has 96 valence electrons. The maximum atomic E-state index is 13.3. The van der Waals surface area contributed by atoms with Gasteiger partial charge in [0.25, 0.3) is 0 Å². The van der Waals surface area contributed by atoms with Crippen LogP contribution in [-0.4, -0.2) is 6.04 Å². The van der Waals surface area contributed by atoms with Crippen molar-refractivity contribution in [1.29, 1.82) is 0 Å². The highest BCUT2D eigenvalue weighted by Crippen LogP contribution is 2.16. The second-order valence-electron chi connectivity index (χ2n) is 5.00. The summed E-state index contributed by atoms with van der Waals surface area (Å²) in [6.07, 6.45) is 2.39. The van der Waals surface area contributed by atoms with Gasteiger partial charge in [0.1, 0.15) is 5.82 Å². The van der Waals surface area contributed by atoms with Crippen LogP contribution < -0.4 is 5.32 Å². The van der Waals surface area contributed by atoms with Gasteiger partial charge in [0.2, 0.25) is 0 Å². The molecule has 1 rings (SSSR count). The van der Waals surface area contributed by atoms with E-state index in [1.54, 1.807) is 12.1 Å². The zero-order chi connectivity index (χ0) is 12.8. The van der Waals surface area contributed by atoms with Crippen molar-refractivity contribution in [2.45, 2.75) is 46.2 Å². The average molecular weight is 302 g/mol. The summed E-state index contributed by atoms with van der Waals surface area (Å²) in [5.74, 6) is 0.545. The number of nitrogens with one attached hydrogen (secondary N) is 1. The van der Waals surface area contributed by atoms with Crippen molar-refractivity contribution in [2.24, 2.45) is 5.92 Å². The topological polar surface area (TPSA) is 12.0 Å². The van der Waals surface area contributed by atoms with E-state index in [4.69, 9.17) is 0 Å². The fraction of sp³-hybridized carbons (Fsp3) is 0.571. The molecule has 0 aliphatic rings. The third-order valence-electron chi connectivity index (χ3n) is 2.82. The normalized spacial score (nSPS) is 13.1. The van der Waals surface area contributed by atoms with Crippen LogP contribution in [0.1, 0.15) is 39.2 Å². The zero-order valence-corrected chi connectivity index (χ0v) is 12.3. The van der Waals surface area contributed by atoms with Gasteiger partial charge < -0.3 is 5.32 Å². The molecule has 0 saturated carbocycles. The molecule has 0 aliphatic carbocycles. The SMILES string of the molecule is CC(C)CCC(C)NCc1ccc(Br)c(F)c1. The van der Waals surface area contributed by atoms with Crippen LogP contribution in [0, 0.1) is 11.7 Å². The summed E-state index contributed by atoms with van der Waals surface area (Å²) >= 11 is 3.15. The molecule has 3 heteroatoms. The number of hydrogen-bond acceptors (Lipinski definition) is 1. The van der Waals surface area contributed by atoms with Crippen molar-refractivity contribution < 1.29 is 4.39 Å². The molecule has 0 aliphatic heterocycles. The summed E-state index contributed by atoms with van der Waals surface area (Å²) in [5, 5.41) is 3.42. The van der Waals surface area contributed by atoms with E-state index < -0.39 is 0 Å². The lowest BCUT2D eigenvalue weighted by atomic mass is 10.0. The van der Waals surface area contributed by atoms with Gasteiger partial charge in [-0.25, -0.2) is 4.39 Å². The molecule has 0 bridgehead atoms. The van der Waals surface area contributed by atoms with E-state index in [9.17, 15) is 4.39 Å². The van der Waals surface area contributed by atoms with Crippen LogP contribution in [0.25, 0.3) is 0 Å². The molecule has 1 unspecified atom stereocenters. The molecule has 0 spiro atoms. The van der Waals surface area contributed by atoms with Gasteiger partial charge in [0.05, 0.1) is 4.47 Å². The Balaban J connectivity index is 2.36. The first kappa shape index (κ1) is 14.7. The van der Waals surface area contributed by atoms with E-state index in [0.717, 1.165) is 24.4 Å². The third kappa shape index (κ3) is 5.64. The Labute approximate surface area is 112 Å². The maximum absolute atomic E-state index is 13.3. The zero-order valence-electron chi connectivity index (χ0n) is 10.8. The van der Waals surface area contributed by atoms with E-state index in [2.05, 4.69) is 42.0 Å². The van der Waals surface area contributed by atoms with Crippen LogP contribution in [0.4, 0.5) is 4.39 Å². The summed E-state index contributed by atoms with van der Waals surface area (Å²) in [6.45, 7) is 7.37. The first-order valence-corrected chi connectivity index (χ1v) is 6.95. The van der Waals surface area contributed by atoms with Crippen molar-refractivity contribution in [3.8, 4) is 0 Å². The van der Waals surface area contributed by atoms with Gasteiger partial charge >= 0.3 is 0 Å². The predicted molar refractivity (Wildman–Crippen MR) is 74.5 cm³/mol. The second-order valence-corrected chi connectivity index (χ2v) is 5.86. The molecule has 0 fully saturated rings. The Morgan fingerprint density at radius 3 is 2.53 bits per heavy atom. The van der Waals surface area contributed by atoms with E-state index in [1.165, 1.54) is 6.42 Å². The maximum Gasteiger partial charge on any atom is 0.137 e. The van der Waals surface area contributed by atoms with E-state index in [1.807, 2.05) is 6.07 Å². The van der Waals surface area contributed by atoms with Gasteiger partial charge in [-0.05, 0) is 59.3 Å². The Bertz CT molecular complexity index is 352. The Morgan fingerprint density at radius 1 is 1.24 bits per heavy atom. The minimum atomic E-state index is -0.195. The first-order valence-electron chi connectivity index (χ1n) is 6.16. The van der Waals surface area contributed by atoms with Gasteiger partial charge in [0, 0.05) is 12.6 Å². The standard InChI is InChI=1S/C14H21BrFN/c1-10(2)4-5-11(3)17-9-12-6-7-13(15)14(16)8-12/h6-8,10-11,17H,4-5,9H2,1-3H3. The molecule has 1 atom stereocenters. The smallest absolute Gasteiger partial charge is 0.137 e. The van der Waals surface area contributed by atoms with E-state index >= 15 is 0 Å². The molecule has 0 saturated heterocycles. The van der Waals surface area contributed by atoms with E-state index in [0.29, 0.717) is 10.5 Å². The molecule has 0 radical (unpaired) electrons.